The van der Waals surface area contributed by atoms with Crippen LogP contribution in [0, 0.1) is 0 Å². The summed E-state index contributed by atoms with van der Waals surface area (Å²) >= 11 is 0. The fraction of sp³-hybridized carbons (Fsp3) is 0.545. The predicted octanol–water partition coefficient (Wildman–Crippen LogP) is 1.45. The number of hydrogen-bond acceptors (Lipinski definition) is 2. The Bertz CT molecular complexity index is 343. The molecule has 0 atom stereocenters. The first kappa shape index (κ1) is 9.46. The zero-order chi connectivity index (χ0) is 9.97. The van der Waals surface area contributed by atoms with E-state index in [-0.39, 0.29) is 0 Å². The van der Waals surface area contributed by atoms with Crippen LogP contribution in [-0.2, 0) is 13.0 Å². The standard InChI is InChI=1S/C11H17N3/c1-3-10-6-11(14(4-2)13-10)5-9-7-12-8-9/h5-6,12H,3-4,7-8H2,1-2H3. The first-order valence-corrected chi connectivity index (χ1v) is 5.30. The minimum Gasteiger partial charge on any atom is -0.309 e. The Morgan fingerprint density at radius 3 is 2.79 bits per heavy atom. The molecule has 3 nitrogen and oxygen atoms in total. The molecule has 0 spiro atoms. The lowest BCUT2D eigenvalue weighted by Gasteiger charge is -2.18. The highest BCUT2D eigenvalue weighted by Crippen LogP contribution is 2.12. The minimum absolute atomic E-state index is 0.951. The molecule has 0 saturated carbocycles. The van der Waals surface area contributed by atoms with E-state index in [1.807, 2.05) is 0 Å². The molecule has 1 saturated heterocycles. The minimum atomic E-state index is 0.951. The molecule has 1 aliphatic heterocycles. The second-order valence-corrected chi connectivity index (χ2v) is 3.64. The van der Waals surface area contributed by atoms with Gasteiger partial charge < -0.3 is 5.32 Å². The summed E-state index contributed by atoms with van der Waals surface area (Å²) in [6, 6.07) is 2.19. The number of rotatable bonds is 3. The van der Waals surface area contributed by atoms with E-state index in [4.69, 9.17) is 0 Å². The molecule has 0 aliphatic carbocycles. The Hall–Kier alpha value is -1.09. The van der Waals surface area contributed by atoms with Gasteiger partial charge in [0.15, 0.2) is 0 Å². The fourth-order valence-corrected chi connectivity index (χ4v) is 1.61. The Morgan fingerprint density at radius 1 is 1.50 bits per heavy atom. The van der Waals surface area contributed by atoms with Crippen LogP contribution in [0.15, 0.2) is 11.6 Å². The van der Waals surface area contributed by atoms with Crippen LogP contribution in [0.2, 0.25) is 0 Å². The van der Waals surface area contributed by atoms with Gasteiger partial charge in [-0.1, -0.05) is 6.92 Å². The van der Waals surface area contributed by atoms with Crippen LogP contribution in [0.3, 0.4) is 0 Å². The molecule has 1 fully saturated rings. The Morgan fingerprint density at radius 2 is 2.29 bits per heavy atom. The van der Waals surface area contributed by atoms with Gasteiger partial charge in [-0.25, -0.2) is 0 Å². The van der Waals surface area contributed by atoms with Crippen molar-refractivity contribution in [3.63, 3.8) is 0 Å². The maximum atomic E-state index is 4.51. The number of hydrogen-bond donors (Lipinski definition) is 1. The average molecular weight is 191 g/mol. The molecule has 0 amide bonds. The van der Waals surface area contributed by atoms with Crippen molar-refractivity contribution < 1.29 is 0 Å². The topological polar surface area (TPSA) is 29.9 Å². The zero-order valence-corrected chi connectivity index (χ0v) is 8.88. The van der Waals surface area contributed by atoms with Gasteiger partial charge in [-0.3, -0.25) is 4.68 Å². The highest BCUT2D eigenvalue weighted by Gasteiger charge is 2.09. The normalized spacial score (nSPS) is 15.4. The van der Waals surface area contributed by atoms with Gasteiger partial charge in [0.05, 0.1) is 11.4 Å². The third kappa shape index (κ3) is 1.73. The van der Waals surface area contributed by atoms with Crippen molar-refractivity contribution in [1.82, 2.24) is 15.1 Å². The SMILES string of the molecule is CCc1cc(C=C2CNC2)n(CC)n1. The molecule has 2 rings (SSSR count). The van der Waals surface area contributed by atoms with Crippen molar-refractivity contribution in [3.8, 4) is 0 Å². The fourth-order valence-electron chi connectivity index (χ4n) is 1.61. The summed E-state index contributed by atoms with van der Waals surface area (Å²) in [6.45, 7) is 7.30. The number of aryl methyl sites for hydroxylation is 2. The monoisotopic (exact) mass is 191 g/mol. The van der Waals surface area contributed by atoms with E-state index in [0.717, 1.165) is 26.1 Å². The van der Waals surface area contributed by atoms with Gasteiger partial charge in [0.2, 0.25) is 0 Å². The van der Waals surface area contributed by atoms with Crippen LogP contribution in [0.5, 0.6) is 0 Å². The van der Waals surface area contributed by atoms with Gasteiger partial charge in [-0.05, 0) is 31.1 Å². The summed E-state index contributed by atoms with van der Waals surface area (Å²) in [5.41, 5.74) is 3.91. The maximum absolute atomic E-state index is 4.51. The van der Waals surface area contributed by atoms with Crippen LogP contribution in [0.1, 0.15) is 25.2 Å². The molecule has 0 radical (unpaired) electrons. The molecular formula is C11H17N3. The molecule has 1 aromatic heterocycles. The summed E-state index contributed by atoms with van der Waals surface area (Å²) < 4.78 is 2.07. The Kier molecular flexibility index (Phi) is 2.68. The van der Waals surface area contributed by atoms with Crippen LogP contribution in [-0.4, -0.2) is 22.9 Å². The molecule has 76 valence electrons. The van der Waals surface area contributed by atoms with E-state index in [1.165, 1.54) is 17.0 Å². The summed E-state index contributed by atoms with van der Waals surface area (Å²) in [4.78, 5) is 0. The summed E-state index contributed by atoms with van der Waals surface area (Å²) in [5, 5.41) is 7.75. The van der Waals surface area contributed by atoms with Crippen molar-refractivity contribution in [1.29, 1.82) is 0 Å². The second-order valence-electron chi connectivity index (χ2n) is 3.64. The molecule has 14 heavy (non-hydrogen) atoms. The average Bonchev–Trinajstić information content (AvgIpc) is 2.53. The lowest BCUT2D eigenvalue weighted by Crippen LogP contribution is -2.33. The molecule has 0 bridgehead atoms. The van der Waals surface area contributed by atoms with Crippen molar-refractivity contribution >= 4 is 6.08 Å². The summed E-state index contributed by atoms with van der Waals surface area (Å²) in [7, 11) is 0. The van der Waals surface area contributed by atoms with E-state index in [0.29, 0.717) is 0 Å². The number of aromatic nitrogens is 2. The summed E-state index contributed by atoms with van der Waals surface area (Å²) in [5.74, 6) is 0. The molecule has 1 aliphatic rings. The lowest BCUT2D eigenvalue weighted by atomic mass is 10.1. The third-order valence-electron chi connectivity index (χ3n) is 2.58. The van der Waals surface area contributed by atoms with E-state index in [9.17, 15) is 0 Å². The quantitative estimate of drug-likeness (QED) is 0.783. The molecule has 1 N–H and O–H groups in total. The first-order chi connectivity index (χ1) is 6.83. The third-order valence-corrected chi connectivity index (χ3v) is 2.58. The molecule has 1 aromatic rings. The molecule has 0 aromatic carbocycles. The predicted molar refractivity (Wildman–Crippen MR) is 58.1 cm³/mol. The Balaban J connectivity index is 2.25. The molecule has 3 heteroatoms. The lowest BCUT2D eigenvalue weighted by molar-refractivity contribution is 0.638. The maximum Gasteiger partial charge on any atom is 0.0628 e. The van der Waals surface area contributed by atoms with E-state index in [2.05, 4.69) is 41.1 Å². The number of nitrogens with one attached hydrogen (secondary N) is 1. The molecule has 0 unspecified atom stereocenters. The van der Waals surface area contributed by atoms with Crippen LogP contribution in [0.25, 0.3) is 6.08 Å². The van der Waals surface area contributed by atoms with E-state index < -0.39 is 0 Å². The second kappa shape index (κ2) is 3.96. The number of nitrogens with zero attached hydrogens (tertiary/aromatic N) is 2. The van der Waals surface area contributed by atoms with Gasteiger partial charge in [-0.15, -0.1) is 0 Å². The molecule has 2 heterocycles. The smallest absolute Gasteiger partial charge is 0.0628 e. The Labute approximate surface area is 84.8 Å². The van der Waals surface area contributed by atoms with Gasteiger partial charge in [0.25, 0.3) is 0 Å². The van der Waals surface area contributed by atoms with Crippen molar-refractivity contribution in [2.45, 2.75) is 26.8 Å². The van der Waals surface area contributed by atoms with Crippen molar-refractivity contribution in [3.05, 3.63) is 23.0 Å². The van der Waals surface area contributed by atoms with Gasteiger partial charge >= 0.3 is 0 Å². The van der Waals surface area contributed by atoms with Crippen LogP contribution in [0.4, 0.5) is 0 Å². The van der Waals surface area contributed by atoms with Crippen LogP contribution >= 0.6 is 0 Å². The highest BCUT2D eigenvalue weighted by atomic mass is 15.3. The van der Waals surface area contributed by atoms with Gasteiger partial charge in [0, 0.05) is 19.6 Å². The zero-order valence-electron chi connectivity index (χ0n) is 8.88. The largest absolute Gasteiger partial charge is 0.309 e. The van der Waals surface area contributed by atoms with Crippen molar-refractivity contribution in [2.75, 3.05) is 13.1 Å². The highest BCUT2D eigenvalue weighted by molar-refractivity contribution is 5.52. The summed E-state index contributed by atoms with van der Waals surface area (Å²) in [6.07, 6.45) is 3.27. The van der Waals surface area contributed by atoms with Crippen LogP contribution < -0.4 is 5.32 Å². The first-order valence-electron chi connectivity index (χ1n) is 5.30. The van der Waals surface area contributed by atoms with Gasteiger partial charge in [0.1, 0.15) is 0 Å². The van der Waals surface area contributed by atoms with Crippen molar-refractivity contribution in [2.24, 2.45) is 0 Å². The van der Waals surface area contributed by atoms with E-state index >= 15 is 0 Å². The van der Waals surface area contributed by atoms with Gasteiger partial charge in [-0.2, -0.15) is 5.10 Å². The molecular weight excluding hydrogens is 174 g/mol. The van der Waals surface area contributed by atoms with E-state index in [1.54, 1.807) is 0 Å².